The predicted octanol–water partition coefficient (Wildman–Crippen LogP) is 1.51. The van der Waals surface area contributed by atoms with Crippen molar-refractivity contribution in [1.82, 2.24) is 20.4 Å². The standard InChI is InChI=1S/C27H37N5O7/c1-27(2,3)39-26(37)29-17-9-12-31(13-10-17)14-16-38-15-11-28-19-6-4-5-18-22(19)25(36)32(24(18)35)20-7-8-21(33)30-23(20)34/h4-6,17,20,28H,7-16H2,1-3H3,(H,29,37)(H,30,33,34). The zero-order valence-electron chi connectivity index (χ0n) is 22.7. The van der Waals surface area contributed by atoms with Crippen molar-refractivity contribution in [2.45, 2.75) is 64.1 Å². The summed E-state index contributed by atoms with van der Waals surface area (Å²) in [6.07, 6.45) is 1.51. The Bertz CT molecular complexity index is 1120. The molecule has 1 unspecified atom stereocenters. The lowest BCUT2D eigenvalue weighted by molar-refractivity contribution is -0.136. The van der Waals surface area contributed by atoms with Crippen LogP contribution in [0.2, 0.25) is 0 Å². The fourth-order valence-electron chi connectivity index (χ4n) is 4.99. The number of imide groups is 2. The second-order valence-electron chi connectivity index (χ2n) is 11.0. The van der Waals surface area contributed by atoms with Gasteiger partial charge in [-0.05, 0) is 52.2 Å². The van der Waals surface area contributed by atoms with Crippen LogP contribution in [-0.2, 0) is 19.1 Å². The highest BCUT2D eigenvalue weighted by Gasteiger charge is 2.45. The molecule has 3 aliphatic heterocycles. The summed E-state index contributed by atoms with van der Waals surface area (Å²) in [7, 11) is 0. The summed E-state index contributed by atoms with van der Waals surface area (Å²) >= 11 is 0. The molecule has 0 spiro atoms. The highest BCUT2D eigenvalue weighted by atomic mass is 16.6. The second-order valence-corrected chi connectivity index (χ2v) is 11.0. The number of carbonyl (C=O) groups is 5. The molecule has 3 heterocycles. The summed E-state index contributed by atoms with van der Waals surface area (Å²) in [5.41, 5.74) is 0.458. The van der Waals surface area contributed by atoms with Gasteiger partial charge in [0.2, 0.25) is 11.8 Å². The molecule has 0 saturated carbocycles. The number of nitrogens with one attached hydrogen (secondary N) is 3. The van der Waals surface area contributed by atoms with E-state index >= 15 is 0 Å². The Balaban J connectivity index is 1.17. The van der Waals surface area contributed by atoms with Crippen molar-refractivity contribution in [1.29, 1.82) is 0 Å². The first kappa shape index (κ1) is 28.5. The summed E-state index contributed by atoms with van der Waals surface area (Å²) in [6, 6.07) is 4.07. The van der Waals surface area contributed by atoms with Crippen LogP contribution in [0.15, 0.2) is 18.2 Å². The number of carbonyl (C=O) groups excluding carboxylic acids is 5. The first-order valence-electron chi connectivity index (χ1n) is 13.4. The van der Waals surface area contributed by atoms with Gasteiger partial charge in [0.25, 0.3) is 11.8 Å². The van der Waals surface area contributed by atoms with Gasteiger partial charge in [-0.25, -0.2) is 4.79 Å². The summed E-state index contributed by atoms with van der Waals surface area (Å²) < 4.78 is 11.1. The lowest BCUT2D eigenvalue weighted by Crippen LogP contribution is -2.54. The van der Waals surface area contributed by atoms with E-state index in [1.165, 1.54) is 0 Å². The topological polar surface area (TPSA) is 146 Å². The number of piperidine rings is 2. The Morgan fingerprint density at radius 2 is 1.79 bits per heavy atom. The quantitative estimate of drug-likeness (QED) is 0.311. The van der Waals surface area contributed by atoms with Crippen molar-refractivity contribution < 1.29 is 33.4 Å². The number of ether oxygens (including phenoxy) is 2. The number of hydrogen-bond acceptors (Lipinski definition) is 9. The summed E-state index contributed by atoms with van der Waals surface area (Å²) in [6.45, 7) is 9.39. The molecule has 3 aliphatic rings. The van der Waals surface area contributed by atoms with E-state index in [1.54, 1.807) is 18.2 Å². The van der Waals surface area contributed by atoms with Gasteiger partial charge in [0, 0.05) is 44.3 Å². The number of rotatable bonds is 9. The lowest BCUT2D eigenvalue weighted by atomic mass is 10.0. The van der Waals surface area contributed by atoms with Gasteiger partial charge in [-0.15, -0.1) is 0 Å². The fraction of sp³-hybridized carbons (Fsp3) is 0.593. The Kier molecular flexibility index (Phi) is 8.86. The zero-order valence-corrected chi connectivity index (χ0v) is 22.7. The van der Waals surface area contributed by atoms with Crippen molar-refractivity contribution in [3.05, 3.63) is 29.3 Å². The molecular weight excluding hydrogens is 506 g/mol. The third-order valence-electron chi connectivity index (χ3n) is 6.89. The molecule has 0 radical (unpaired) electrons. The maximum Gasteiger partial charge on any atom is 0.407 e. The molecular formula is C27H37N5O7. The van der Waals surface area contributed by atoms with Crippen LogP contribution in [0.3, 0.4) is 0 Å². The van der Waals surface area contributed by atoms with Crippen molar-refractivity contribution in [2.24, 2.45) is 0 Å². The van der Waals surface area contributed by atoms with Crippen LogP contribution in [0.25, 0.3) is 0 Å². The minimum Gasteiger partial charge on any atom is -0.444 e. The molecule has 4 rings (SSSR count). The maximum absolute atomic E-state index is 13.1. The van der Waals surface area contributed by atoms with Gasteiger partial charge in [-0.2, -0.15) is 0 Å². The summed E-state index contributed by atoms with van der Waals surface area (Å²) in [4.78, 5) is 65.0. The Labute approximate surface area is 227 Å². The van der Waals surface area contributed by atoms with E-state index in [9.17, 15) is 24.0 Å². The van der Waals surface area contributed by atoms with Crippen molar-refractivity contribution >= 4 is 35.4 Å². The molecule has 1 aromatic rings. The molecule has 2 fully saturated rings. The number of anilines is 1. The van der Waals surface area contributed by atoms with Crippen LogP contribution in [0, 0.1) is 0 Å². The molecule has 39 heavy (non-hydrogen) atoms. The first-order chi connectivity index (χ1) is 18.5. The number of amides is 5. The molecule has 0 aromatic heterocycles. The van der Waals surface area contributed by atoms with Crippen LogP contribution in [0.5, 0.6) is 0 Å². The van der Waals surface area contributed by atoms with E-state index in [4.69, 9.17) is 9.47 Å². The lowest BCUT2D eigenvalue weighted by Gasteiger charge is -2.32. The highest BCUT2D eigenvalue weighted by Crippen LogP contribution is 2.32. The van der Waals surface area contributed by atoms with Gasteiger partial charge in [0.05, 0.1) is 24.3 Å². The van der Waals surface area contributed by atoms with E-state index in [1.807, 2.05) is 20.8 Å². The second kappa shape index (κ2) is 12.1. The Morgan fingerprint density at radius 3 is 2.49 bits per heavy atom. The minimum absolute atomic E-state index is 0.0766. The molecule has 12 heteroatoms. The third kappa shape index (κ3) is 7.12. The van der Waals surface area contributed by atoms with Crippen molar-refractivity contribution in [3.63, 3.8) is 0 Å². The fourth-order valence-corrected chi connectivity index (χ4v) is 4.99. The molecule has 3 N–H and O–H groups in total. The van der Waals surface area contributed by atoms with Gasteiger partial charge in [-0.3, -0.25) is 29.4 Å². The SMILES string of the molecule is CC(C)(C)OC(=O)NC1CCN(CCOCCNc2cccc3c2C(=O)N(C2CCC(=O)NC2=O)C3=O)CC1. The monoisotopic (exact) mass is 543 g/mol. The highest BCUT2D eigenvalue weighted by molar-refractivity contribution is 6.25. The summed E-state index contributed by atoms with van der Waals surface area (Å²) in [5.74, 6) is -2.12. The van der Waals surface area contributed by atoms with Crippen molar-refractivity contribution in [2.75, 3.05) is 44.7 Å². The van der Waals surface area contributed by atoms with Gasteiger partial charge in [0.1, 0.15) is 11.6 Å². The largest absolute Gasteiger partial charge is 0.444 e. The number of alkyl carbamates (subject to hydrolysis) is 1. The van der Waals surface area contributed by atoms with Crippen LogP contribution < -0.4 is 16.0 Å². The average Bonchev–Trinajstić information content (AvgIpc) is 3.11. The molecule has 212 valence electrons. The molecule has 1 atom stereocenters. The molecule has 1 aromatic carbocycles. The van der Waals surface area contributed by atoms with Gasteiger partial charge in [0.15, 0.2) is 0 Å². The predicted molar refractivity (Wildman–Crippen MR) is 141 cm³/mol. The van der Waals surface area contributed by atoms with Gasteiger partial charge < -0.3 is 25.0 Å². The average molecular weight is 544 g/mol. The number of likely N-dealkylation sites (tertiary alicyclic amines) is 1. The van der Waals surface area contributed by atoms with E-state index in [-0.39, 0.29) is 36.1 Å². The van der Waals surface area contributed by atoms with Crippen LogP contribution in [0.4, 0.5) is 10.5 Å². The van der Waals surface area contributed by atoms with Crippen LogP contribution in [-0.4, -0.2) is 96.6 Å². The minimum atomic E-state index is -0.996. The van der Waals surface area contributed by atoms with E-state index < -0.39 is 35.3 Å². The smallest absolute Gasteiger partial charge is 0.407 e. The molecule has 0 aliphatic carbocycles. The number of benzene rings is 1. The van der Waals surface area contributed by atoms with Gasteiger partial charge in [-0.1, -0.05) is 6.07 Å². The Morgan fingerprint density at radius 1 is 1.05 bits per heavy atom. The van der Waals surface area contributed by atoms with Crippen LogP contribution >= 0.6 is 0 Å². The van der Waals surface area contributed by atoms with Gasteiger partial charge >= 0.3 is 6.09 Å². The Hall–Kier alpha value is -3.51. The molecule has 5 amide bonds. The molecule has 12 nitrogen and oxygen atoms in total. The molecule has 2 saturated heterocycles. The maximum atomic E-state index is 13.1. The first-order valence-corrected chi connectivity index (χ1v) is 13.4. The zero-order chi connectivity index (χ0) is 28.2. The van der Waals surface area contributed by atoms with E-state index in [0.29, 0.717) is 25.4 Å². The number of hydrogen-bond donors (Lipinski definition) is 3. The summed E-state index contributed by atoms with van der Waals surface area (Å²) in [5, 5.41) is 8.31. The normalized spacial score (nSPS) is 20.6. The third-order valence-corrected chi connectivity index (χ3v) is 6.89. The number of fused-ring (bicyclic) bond motifs is 1. The van der Waals surface area contributed by atoms with Crippen molar-refractivity contribution in [3.8, 4) is 0 Å². The van der Waals surface area contributed by atoms with E-state index in [2.05, 4.69) is 20.9 Å². The van der Waals surface area contributed by atoms with Crippen LogP contribution in [0.1, 0.15) is 67.2 Å². The van der Waals surface area contributed by atoms with E-state index in [0.717, 1.165) is 37.4 Å². The number of nitrogens with zero attached hydrogens (tertiary/aromatic N) is 2. The molecule has 0 bridgehead atoms.